The van der Waals surface area contributed by atoms with E-state index in [0.717, 1.165) is 34.6 Å². The van der Waals surface area contributed by atoms with Crippen LogP contribution in [0.1, 0.15) is 43.9 Å². The van der Waals surface area contributed by atoms with Gasteiger partial charge in [-0.1, -0.05) is 13.8 Å². The maximum absolute atomic E-state index is 4.64. The first-order chi connectivity index (χ1) is 9.51. The molecule has 108 valence electrons. The number of aromatic amines is 1. The Morgan fingerprint density at radius 3 is 2.50 bits per heavy atom. The van der Waals surface area contributed by atoms with Gasteiger partial charge in [-0.3, -0.25) is 5.10 Å². The summed E-state index contributed by atoms with van der Waals surface area (Å²) >= 11 is 1.46. The number of H-pyrrole nitrogens is 1. The van der Waals surface area contributed by atoms with Crippen LogP contribution in [0.15, 0.2) is 10.2 Å². The van der Waals surface area contributed by atoms with Gasteiger partial charge in [-0.2, -0.15) is 0 Å². The second kappa shape index (κ2) is 6.21. The molecule has 2 rings (SSSR count). The maximum Gasteiger partial charge on any atom is 0.214 e. The Labute approximate surface area is 123 Å². The zero-order chi connectivity index (χ0) is 14.7. The summed E-state index contributed by atoms with van der Waals surface area (Å²) in [7, 11) is 0. The summed E-state index contributed by atoms with van der Waals surface area (Å²) in [5.41, 5.74) is 1.03. The van der Waals surface area contributed by atoms with Crippen molar-refractivity contribution in [2.24, 2.45) is 0 Å². The fourth-order valence-corrected chi connectivity index (χ4v) is 2.50. The number of anilines is 1. The maximum atomic E-state index is 4.64. The molecule has 0 radical (unpaired) electrons. The van der Waals surface area contributed by atoms with Crippen LogP contribution in [0, 0.1) is 13.8 Å². The zero-order valence-corrected chi connectivity index (χ0v) is 13.3. The number of hydrogen-bond donors (Lipinski definition) is 2. The molecule has 2 aromatic heterocycles. The second-order valence-electron chi connectivity index (χ2n) is 4.85. The predicted octanol–water partition coefficient (Wildman–Crippen LogP) is 2.92. The molecule has 2 N–H and O–H groups in total. The van der Waals surface area contributed by atoms with E-state index in [2.05, 4.69) is 51.2 Å². The smallest absolute Gasteiger partial charge is 0.214 e. The lowest BCUT2D eigenvalue weighted by Gasteiger charge is -2.13. The molecule has 0 bridgehead atoms. The SMILES string of the molecule is CCNc1nc(C(C)C)nc(Sc2n[nH]c(C)n2)c1C. The molecule has 0 amide bonds. The highest BCUT2D eigenvalue weighted by molar-refractivity contribution is 7.99. The van der Waals surface area contributed by atoms with E-state index in [-0.39, 0.29) is 5.92 Å². The Morgan fingerprint density at radius 2 is 1.95 bits per heavy atom. The average molecular weight is 292 g/mol. The van der Waals surface area contributed by atoms with E-state index in [1.165, 1.54) is 11.8 Å². The van der Waals surface area contributed by atoms with Gasteiger partial charge in [0.2, 0.25) is 5.16 Å². The fraction of sp³-hybridized carbons (Fsp3) is 0.538. The van der Waals surface area contributed by atoms with Gasteiger partial charge in [0.05, 0.1) is 0 Å². The molecule has 0 saturated heterocycles. The van der Waals surface area contributed by atoms with Crippen molar-refractivity contribution in [1.82, 2.24) is 25.1 Å². The van der Waals surface area contributed by atoms with Crippen LogP contribution in [0.3, 0.4) is 0 Å². The number of hydrogen-bond acceptors (Lipinski definition) is 6. The average Bonchev–Trinajstić information content (AvgIpc) is 2.79. The van der Waals surface area contributed by atoms with Gasteiger partial charge in [-0.15, -0.1) is 5.10 Å². The van der Waals surface area contributed by atoms with Crippen molar-refractivity contribution in [3.05, 3.63) is 17.2 Å². The molecule has 0 aliphatic heterocycles. The Morgan fingerprint density at radius 1 is 1.20 bits per heavy atom. The molecule has 2 aromatic rings. The van der Waals surface area contributed by atoms with E-state index < -0.39 is 0 Å². The van der Waals surface area contributed by atoms with Crippen LogP contribution in [-0.4, -0.2) is 31.7 Å². The molecule has 0 aliphatic carbocycles. The molecule has 6 nitrogen and oxygen atoms in total. The highest BCUT2D eigenvalue weighted by Crippen LogP contribution is 2.30. The van der Waals surface area contributed by atoms with Crippen LogP contribution in [-0.2, 0) is 0 Å². The predicted molar refractivity (Wildman–Crippen MR) is 80.3 cm³/mol. The third-order valence-electron chi connectivity index (χ3n) is 2.74. The summed E-state index contributed by atoms with van der Waals surface area (Å²) in [5.74, 6) is 2.80. The molecule has 0 aromatic carbocycles. The second-order valence-corrected chi connectivity index (χ2v) is 5.81. The molecule has 0 atom stereocenters. The highest BCUT2D eigenvalue weighted by atomic mass is 32.2. The first-order valence-electron chi connectivity index (χ1n) is 6.70. The van der Waals surface area contributed by atoms with Gasteiger partial charge in [0.25, 0.3) is 0 Å². The first-order valence-corrected chi connectivity index (χ1v) is 7.52. The van der Waals surface area contributed by atoms with Gasteiger partial charge >= 0.3 is 0 Å². The summed E-state index contributed by atoms with van der Waals surface area (Å²) < 4.78 is 0. The number of rotatable bonds is 5. The van der Waals surface area contributed by atoms with E-state index in [0.29, 0.717) is 5.16 Å². The van der Waals surface area contributed by atoms with Crippen LogP contribution in [0.5, 0.6) is 0 Å². The fourth-order valence-electron chi connectivity index (χ4n) is 1.66. The number of nitrogens with zero attached hydrogens (tertiary/aromatic N) is 4. The van der Waals surface area contributed by atoms with Gasteiger partial charge in [0.15, 0.2) is 0 Å². The summed E-state index contributed by atoms with van der Waals surface area (Å²) in [4.78, 5) is 13.5. The summed E-state index contributed by atoms with van der Waals surface area (Å²) in [6.07, 6.45) is 0. The van der Waals surface area contributed by atoms with Crippen LogP contribution in [0.2, 0.25) is 0 Å². The van der Waals surface area contributed by atoms with Crippen molar-refractivity contribution in [3.8, 4) is 0 Å². The van der Waals surface area contributed by atoms with Crippen molar-refractivity contribution in [3.63, 3.8) is 0 Å². The Balaban J connectivity index is 2.39. The molecule has 0 aliphatic rings. The van der Waals surface area contributed by atoms with Crippen LogP contribution >= 0.6 is 11.8 Å². The van der Waals surface area contributed by atoms with Crippen molar-refractivity contribution in [1.29, 1.82) is 0 Å². The highest BCUT2D eigenvalue weighted by Gasteiger charge is 2.15. The lowest BCUT2D eigenvalue weighted by atomic mass is 10.2. The Bertz CT molecular complexity index is 593. The van der Waals surface area contributed by atoms with Gasteiger partial charge in [0.1, 0.15) is 22.5 Å². The number of nitrogens with one attached hydrogen (secondary N) is 2. The molecule has 0 unspecified atom stereocenters. The lowest BCUT2D eigenvalue weighted by Crippen LogP contribution is -2.08. The van der Waals surface area contributed by atoms with Crippen molar-refractivity contribution < 1.29 is 0 Å². The molecule has 2 heterocycles. The summed E-state index contributed by atoms with van der Waals surface area (Å²) in [6.45, 7) is 11.0. The molecule has 0 spiro atoms. The lowest BCUT2D eigenvalue weighted by molar-refractivity contribution is 0.748. The monoisotopic (exact) mass is 292 g/mol. The summed E-state index contributed by atoms with van der Waals surface area (Å²) in [5, 5.41) is 11.9. The zero-order valence-electron chi connectivity index (χ0n) is 12.5. The topological polar surface area (TPSA) is 79.4 Å². The van der Waals surface area contributed by atoms with Gasteiger partial charge in [-0.05, 0) is 32.5 Å². The molecule has 0 saturated carbocycles. The first kappa shape index (κ1) is 14.8. The minimum Gasteiger partial charge on any atom is -0.370 e. The standard InChI is InChI=1S/C13H20N6S/c1-6-14-11-8(4)12(17-10(16-11)7(2)3)20-13-15-9(5)18-19-13/h7H,6H2,1-5H3,(H,14,16,17)(H,15,18,19). The minimum absolute atomic E-state index is 0.279. The van der Waals surface area contributed by atoms with Crippen LogP contribution < -0.4 is 5.32 Å². The molecular weight excluding hydrogens is 272 g/mol. The normalized spacial score (nSPS) is 11.1. The third kappa shape index (κ3) is 3.27. The largest absolute Gasteiger partial charge is 0.370 e. The number of aromatic nitrogens is 5. The Kier molecular flexibility index (Phi) is 4.59. The van der Waals surface area contributed by atoms with Crippen molar-refractivity contribution in [2.45, 2.75) is 50.7 Å². The van der Waals surface area contributed by atoms with E-state index in [1.807, 2.05) is 13.8 Å². The van der Waals surface area contributed by atoms with Gasteiger partial charge in [-0.25, -0.2) is 15.0 Å². The third-order valence-corrected chi connectivity index (χ3v) is 3.70. The minimum atomic E-state index is 0.279. The molecule has 0 fully saturated rings. The summed E-state index contributed by atoms with van der Waals surface area (Å²) in [6, 6.07) is 0. The van der Waals surface area contributed by atoms with Crippen LogP contribution in [0.4, 0.5) is 5.82 Å². The van der Waals surface area contributed by atoms with Crippen LogP contribution in [0.25, 0.3) is 0 Å². The molecular formula is C13H20N6S. The van der Waals surface area contributed by atoms with Gasteiger partial charge < -0.3 is 5.32 Å². The van der Waals surface area contributed by atoms with E-state index in [4.69, 9.17) is 0 Å². The van der Waals surface area contributed by atoms with Crippen molar-refractivity contribution >= 4 is 17.6 Å². The van der Waals surface area contributed by atoms with Crippen molar-refractivity contribution in [2.75, 3.05) is 11.9 Å². The number of aryl methyl sites for hydroxylation is 1. The van der Waals surface area contributed by atoms with E-state index in [1.54, 1.807) is 0 Å². The van der Waals surface area contributed by atoms with E-state index in [9.17, 15) is 0 Å². The Hall–Kier alpha value is -1.63. The quantitative estimate of drug-likeness (QED) is 0.825. The van der Waals surface area contributed by atoms with E-state index >= 15 is 0 Å². The molecule has 20 heavy (non-hydrogen) atoms. The van der Waals surface area contributed by atoms with Gasteiger partial charge in [0, 0.05) is 18.0 Å². The molecule has 7 heteroatoms.